The fraction of sp³-hybridized carbons (Fsp3) is 0.148. The van der Waals surface area contributed by atoms with Gasteiger partial charge in [0.2, 0.25) is 5.91 Å². The first kappa shape index (κ1) is 25.7. The molecule has 0 bridgehead atoms. The predicted molar refractivity (Wildman–Crippen MR) is 142 cm³/mol. The number of halogens is 2. The molecule has 1 saturated heterocycles. The highest BCUT2D eigenvalue weighted by atomic mass is 79.9. The third-order valence-electron chi connectivity index (χ3n) is 5.44. The van der Waals surface area contributed by atoms with E-state index in [1.54, 1.807) is 36.4 Å². The van der Waals surface area contributed by atoms with Crippen molar-refractivity contribution in [2.75, 3.05) is 11.9 Å². The van der Waals surface area contributed by atoms with E-state index in [0.717, 1.165) is 32.3 Å². The zero-order chi connectivity index (χ0) is 25.8. The normalized spacial score (nSPS) is 14.4. The SMILES string of the molecule is Cc1ccc(C)c(NC(=O)CN2C(=O)S/C(=C\c3cc(Br)ccc3OCc3ccccc3F)C2=O)c1. The Morgan fingerprint density at radius 2 is 1.89 bits per heavy atom. The van der Waals surface area contributed by atoms with Gasteiger partial charge >= 0.3 is 0 Å². The van der Waals surface area contributed by atoms with Crippen LogP contribution in [0.5, 0.6) is 5.75 Å². The van der Waals surface area contributed by atoms with Crippen LogP contribution in [-0.4, -0.2) is 28.5 Å². The van der Waals surface area contributed by atoms with Gasteiger partial charge in [-0.25, -0.2) is 4.39 Å². The summed E-state index contributed by atoms with van der Waals surface area (Å²) < 4.78 is 20.5. The van der Waals surface area contributed by atoms with Gasteiger partial charge in [-0.1, -0.05) is 46.3 Å². The summed E-state index contributed by atoms with van der Waals surface area (Å²) in [6.45, 7) is 3.37. The zero-order valence-corrected chi connectivity index (χ0v) is 21.9. The molecule has 9 heteroatoms. The molecule has 3 aromatic carbocycles. The van der Waals surface area contributed by atoms with Crippen molar-refractivity contribution in [3.63, 3.8) is 0 Å². The molecule has 3 amide bonds. The van der Waals surface area contributed by atoms with Crippen molar-refractivity contribution in [1.82, 2.24) is 4.90 Å². The van der Waals surface area contributed by atoms with Crippen LogP contribution in [0.3, 0.4) is 0 Å². The number of anilines is 1. The smallest absolute Gasteiger partial charge is 0.294 e. The van der Waals surface area contributed by atoms with E-state index in [1.165, 1.54) is 12.1 Å². The molecule has 0 spiro atoms. The van der Waals surface area contributed by atoms with Crippen LogP contribution in [0.25, 0.3) is 6.08 Å². The van der Waals surface area contributed by atoms with E-state index in [9.17, 15) is 18.8 Å². The molecule has 0 radical (unpaired) electrons. The lowest BCUT2D eigenvalue weighted by Gasteiger charge is -2.14. The maximum atomic E-state index is 14.0. The monoisotopic (exact) mass is 568 g/mol. The minimum atomic E-state index is -0.568. The number of nitrogens with one attached hydrogen (secondary N) is 1. The molecular weight excluding hydrogens is 547 g/mol. The molecule has 6 nitrogen and oxygen atoms in total. The Hall–Kier alpha value is -3.43. The van der Waals surface area contributed by atoms with Crippen molar-refractivity contribution in [1.29, 1.82) is 0 Å². The number of carbonyl (C=O) groups is 3. The van der Waals surface area contributed by atoms with E-state index in [4.69, 9.17) is 4.74 Å². The van der Waals surface area contributed by atoms with Crippen LogP contribution >= 0.6 is 27.7 Å². The minimum Gasteiger partial charge on any atom is -0.488 e. The van der Waals surface area contributed by atoms with Gasteiger partial charge in [0, 0.05) is 21.3 Å². The number of hydrogen-bond acceptors (Lipinski definition) is 5. The van der Waals surface area contributed by atoms with Gasteiger partial charge in [-0.2, -0.15) is 0 Å². The van der Waals surface area contributed by atoms with Crippen LogP contribution in [0, 0.1) is 19.7 Å². The molecule has 4 rings (SSSR count). The van der Waals surface area contributed by atoms with Gasteiger partial charge < -0.3 is 10.1 Å². The van der Waals surface area contributed by atoms with Crippen LogP contribution in [-0.2, 0) is 16.2 Å². The molecule has 184 valence electrons. The van der Waals surface area contributed by atoms with Gasteiger partial charge in [0.05, 0.1) is 4.91 Å². The molecule has 3 aromatic rings. The van der Waals surface area contributed by atoms with Crippen molar-refractivity contribution < 1.29 is 23.5 Å². The largest absolute Gasteiger partial charge is 0.488 e. The average Bonchev–Trinajstić information content (AvgIpc) is 3.09. The van der Waals surface area contributed by atoms with Gasteiger partial charge in [0.25, 0.3) is 11.1 Å². The summed E-state index contributed by atoms with van der Waals surface area (Å²) in [5.74, 6) is -0.998. The Kier molecular flexibility index (Phi) is 7.91. The van der Waals surface area contributed by atoms with Crippen molar-refractivity contribution in [3.8, 4) is 5.75 Å². The summed E-state index contributed by atoms with van der Waals surface area (Å²) in [5, 5.41) is 2.23. The Labute approximate surface area is 220 Å². The highest BCUT2D eigenvalue weighted by Gasteiger charge is 2.36. The lowest BCUT2D eigenvalue weighted by Crippen LogP contribution is -2.36. The Morgan fingerprint density at radius 3 is 2.67 bits per heavy atom. The third-order valence-corrected chi connectivity index (χ3v) is 6.84. The number of rotatable bonds is 7. The van der Waals surface area contributed by atoms with Gasteiger partial charge in [-0.3, -0.25) is 19.3 Å². The number of imide groups is 1. The van der Waals surface area contributed by atoms with E-state index in [2.05, 4.69) is 21.2 Å². The molecule has 1 N–H and O–H groups in total. The second-order valence-corrected chi connectivity index (χ2v) is 10.1. The van der Waals surface area contributed by atoms with Crippen LogP contribution < -0.4 is 10.1 Å². The van der Waals surface area contributed by atoms with Crippen molar-refractivity contribution in [2.45, 2.75) is 20.5 Å². The Morgan fingerprint density at radius 1 is 1.11 bits per heavy atom. The molecule has 1 aliphatic heterocycles. The summed E-state index contributed by atoms with van der Waals surface area (Å²) in [5.41, 5.74) is 3.41. The third kappa shape index (κ3) is 6.03. The Balaban J connectivity index is 1.50. The maximum absolute atomic E-state index is 14.0. The topological polar surface area (TPSA) is 75.7 Å². The molecule has 1 aliphatic rings. The van der Waals surface area contributed by atoms with Crippen LogP contribution in [0.2, 0.25) is 0 Å². The summed E-state index contributed by atoms with van der Waals surface area (Å²) in [7, 11) is 0. The highest BCUT2D eigenvalue weighted by Crippen LogP contribution is 2.35. The van der Waals surface area contributed by atoms with E-state index >= 15 is 0 Å². The molecule has 0 atom stereocenters. The van der Waals surface area contributed by atoms with Gasteiger partial charge in [-0.05, 0) is 73.1 Å². The van der Waals surface area contributed by atoms with Crippen molar-refractivity contribution in [2.24, 2.45) is 0 Å². The molecule has 0 aliphatic carbocycles. The van der Waals surface area contributed by atoms with Gasteiger partial charge in [0.1, 0.15) is 24.7 Å². The number of benzene rings is 3. The van der Waals surface area contributed by atoms with Crippen LogP contribution in [0.1, 0.15) is 22.3 Å². The predicted octanol–water partition coefficient (Wildman–Crippen LogP) is 6.46. The summed E-state index contributed by atoms with van der Waals surface area (Å²) in [6, 6.07) is 17.1. The summed E-state index contributed by atoms with van der Waals surface area (Å²) in [6.07, 6.45) is 1.54. The number of thioether (sulfide) groups is 1. The second-order valence-electron chi connectivity index (χ2n) is 8.20. The summed E-state index contributed by atoms with van der Waals surface area (Å²) in [4.78, 5) is 39.2. The van der Waals surface area contributed by atoms with Crippen LogP contribution in [0.15, 0.2) is 70.0 Å². The quantitative estimate of drug-likeness (QED) is 0.331. The molecule has 1 heterocycles. The number of hydrogen-bond donors (Lipinski definition) is 1. The lowest BCUT2D eigenvalue weighted by molar-refractivity contribution is -0.127. The van der Waals surface area contributed by atoms with Crippen molar-refractivity contribution >= 4 is 56.5 Å². The highest BCUT2D eigenvalue weighted by molar-refractivity contribution is 9.10. The zero-order valence-electron chi connectivity index (χ0n) is 19.5. The fourth-order valence-electron chi connectivity index (χ4n) is 3.52. The molecule has 0 saturated carbocycles. The average molecular weight is 569 g/mol. The van der Waals surface area contributed by atoms with E-state index in [0.29, 0.717) is 22.6 Å². The molecular formula is C27H22BrFN2O4S. The second kappa shape index (κ2) is 11.1. The summed E-state index contributed by atoms with van der Waals surface area (Å²) >= 11 is 4.15. The maximum Gasteiger partial charge on any atom is 0.294 e. The number of nitrogens with zero attached hydrogens (tertiary/aromatic N) is 1. The number of ether oxygens (including phenoxy) is 1. The number of carbonyl (C=O) groups excluding carboxylic acids is 3. The lowest BCUT2D eigenvalue weighted by atomic mass is 10.1. The molecule has 36 heavy (non-hydrogen) atoms. The minimum absolute atomic E-state index is 0.00479. The number of amides is 3. The van der Waals surface area contributed by atoms with Crippen LogP contribution in [0.4, 0.5) is 14.9 Å². The first-order valence-corrected chi connectivity index (χ1v) is 12.6. The molecule has 0 unspecified atom stereocenters. The van der Waals surface area contributed by atoms with E-state index in [-0.39, 0.29) is 17.3 Å². The Bertz CT molecular complexity index is 1390. The molecule has 1 fully saturated rings. The first-order chi connectivity index (χ1) is 17.2. The van der Waals surface area contributed by atoms with E-state index in [1.807, 2.05) is 32.0 Å². The van der Waals surface area contributed by atoms with Gasteiger partial charge in [0.15, 0.2) is 0 Å². The first-order valence-electron chi connectivity index (χ1n) is 11.0. The number of aryl methyl sites for hydroxylation is 2. The molecule has 0 aromatic heterocycles. The van der Waals surface area contributed by atoms with Crippen molar-refractivity contribution in [3.05, 3.63) is 98.1 Å². The van der Waals surface area contributed by atoms with Gasteiger partial charge in [-0.15, -0.1) is 0 Å². The fourth-order valence-corrected chi connectivity index (χ4v) is 4.72. The van der Waals surface area contributed by atoms with E-state index < -0.39 is 23.6 Å². The standard InChI is InChI=1S/C27H22BrFN2O4S/c1-16-7-8-17(2)22(11-16)30-25(32)14-31-26(33)24(36-27(31)34)13-19-12-20(28)9-10-23(19)35-15-18-5-3-4-6-21(18)29/h3-13H,14-15H2,1-2H3,(H,30,32)/b24-13-.